The standard InChI is InChI=1S/C23H31N7O7/c1-4-12-10-14(37-28-12)18-16(31)17(32)21(36-18)30-11-24-15-19(26-22(34-3)27-20(15)30)25-13-6-8-29(9-7-13)23(33)35-5-2/h10-11,13,16-18,21,31-32H,4-9H2,1-3H3,(H,25,26,27)/t16-,17-,18+,21+/m0/s1. The average molecular weight is 518 g/mol. The molecule has 3 aromatic rings. The maximum absolute atomic E-state index is 12.0. The zero-order valence-corrected chi connectivity index (χ0v) is 20.9. The van der Waals surface area contributed by atoms with Gasteiger partial charge in [-0.15, -0.1) is 0 Å². The van der Waals surface area contributed by atoms with E-state index in [4.69, 9.17) is 18.7 Å². The zero-order chi connectivity index (χ0) is 26.1. The Kier molecular flexibility index (Phi) is 7.13. The third kappa shape index (κ3) is 4.79. The second kappa shape index (κ2) is 10.5. The number of likely N-dealkylation sites (tertiary alicyclic amines) is 1. The summed E-state index contributed by atoms with van der Waals surface area (Å²) in [7, 11) is 1.46. The van der Waals surface area contributed by atoms with Gasteiger partial charge in [0, 0.05) is 25.2 Å². The Hall–Kier alpha value is -3.49. The normalized spacial score (nSPS) is 24.5. The van der Waals surface area contributed by atoms with Crippen LogP contribution in [0.15, 0.2) is 16.9 Å². The molecule has 0 radical (unpaired) electrons. The molecule has 0 saturated carbocycles. The molecule has 14 heteroatoms. The first-order valence-electron chi connectivity index (χ1n) is 12.4. The number of amides is 1. The highest BCUT2D eigenvalue weighted by atomic mass is 16.6. The molecule has 14 nitrogen and oxygen atoms in total. The molecule has 0 bridgehead atoms. The minimum absolute atomic E-state index is 0.0392. The molecule has 2 fully saturated rings. The van der Waals surface area contributed by atoms with Crippen LogP contribution in [0.5, 0.6) is 6.01 Å². The quantitative estimate of drug-likeness (QED) is 0.412. The lowest BCUT2D eigenvalue weighted by Gasteiger charge is -2.31. The number of hydrogen-bond acceptors (Lipinski definition) is 12. The molecule has 0 spiro atoms. The predicted octanol–water partition coefficient (Wildman–Crippen LogP) is 1.41. The van der Waals surface area contributed by atoms with Gasteiger partial charge >= 0.3 is 12.1 Å². The summed E-state index contributed by atoms with van der Waals surface area (Å²) in [6, 6.07) is 1.85. The van der Waals surface area contributed by atoms with E-state index in [0.717, 1.165) is 5.69 Å². The highest BCUT2D eigenvalue weighted by Gasteiger charge is 2.47. The molecule has 0 unspecified atom stereocenters. The fraction of sp³-hybridized carbons (Fsp3) is 0.609. The van der Waals surface area contributed by atoms with E-state index >= 15 is 0 Å². The minimum Gasteiger partial charge on any atom is -0.467 e. The zero-order valence-electron chi connectivity index (χ0n) is 20.9. The Bertz CT molecular complexity index is 1240. The lowest BCUT2D eigenvalue weighted by molar-refractivity contribution is -0.0434. The number of nitrogens with one attached hydrogen (secondary N) is 1. The average Bonchev–Trinajstić information content (AvgIpc) is 3.63. The number of ether oxygens (including phenoxy) is 3. The van der Waals surface area contributed by atoms with Crippen LogP contribution < -0.4 is 10.1 Å². The van der Waals surface area contributed by atoms with Crippen molar-refractivity contribution in [2.75, 3.05) is 32.1 Å². The van der Waals surface area contributed by atoms with Crippen molar-refractivity contribution in [3.63, 3.8) is 0 Å². The highest BCUT2D eigenvalue weighted by Crippen LogP contribution is 2.40. The molecule has 1 amide bonds. The summed E-state index contributed by atoms with van der Waals surface area (Å²) in [6.45, 7) is 5.17. The van der Waals surface area contributed by atoms with Gasteiger partial charge in [0.2, 0.25) is 0 Å². The van der Waals surface area contributed by atoms with Gasteiger partial charge in [0.05, 0.1) is 25.7 Å². The Morgan fingerprint density at radius 3 is 2.68 bits per heavy atom. The van der Waals surface area contributed by atoms with E-state index in [9.17, 15) is 15.0 Å². The van der Waals surface area contributed by atoms with Gasteiger partial charge in [0.25, 0.3) is 0 Å². The second-order valence-electron chi connectivity index (χ2n) is 8.99. The van der Waals surface area contributed by atoms with Crippen molar-refractivity contribution < 1.29 is 33.7 Å². The molecule has 2 saturated heterocycles. The van der Waals surface area contributed by atoms with E-state index in [-0.39, 0.29) is 18.1 Å². The van der Waals surface area contributed by atoms with Gasteiger partial charge in [-0.25, -0.2) is 9.78 Å². The number of methoxy groups -OCH3 is 1. The number of imidazole rings is 1. The first kappa shape index (κ1) is 25.2. The van der Waals surface area contributed by atoms with Gasteiger partial charge < -0.3 is 39.2 Å². The van der Waals surface area contributed by atoms with Crippen molar-refractivity contribution in [2.24, 2.45) is 0 Å². The number of fused-ring (bicyclic) bond motifs is 1. The summed E-state index contributed by atoms with van der Waals surface area (Å²) in [4.78, 5) is 27.0. The summed E-state index contributed by atoms with van der Waals surface area (Å²) in [5.74, 6) is 0.793. The largest absolute Gasteiger partial charge is 0.467 e. The van der Waals surface area contributed by atoms with Crippen molar-refractivity contribution in [1.29, 1.82) is 0 Å². The van der Waals surface area contributed by atoms with E-state index in [1.807, 2.05) is 6.92 Å². The number of rotatable bonds is 7. The lowest BCUT2D eigenvalue weighted by atomic mass is 10.1. The molecule has 0 aliphatic carbocycles. The van der Waals surface area contributed by atoms with Gasteiger partial charge in [0.1, 0.15) is 18.3 Å². The van der Waals surface area contributed by atoms with Crippen molar-refractivity contribution >= 4 is 23.1 Å². The molecule has 4 atom stereocenters. The van der Waals surface area contributed by atoms with Crippen molar-refractivity contribution in [1.82, 2.24) is 29.6 Å². The SMILES string of the molecule is CCOC(=O)N1CCC(Nc2nc(OC)nc3c2ncn3[C@@H]2O[C@H](c3cc(CC)no3)[C@@H](O)[C@@H]2O)CC1. The second-order valence-corrected chi connectivity index (χ2v) is 8.99. The fourth-order valence-corrected chi connectivity index (χ4v) is 4.64. The van der Waals surface area contributed by atoms with Crippen LogP contribution in [0.4, 0.5) is 10.6 Å². The third-order valence-electron chi connectivity index (χ3n) is 6.68. The number of piperidine rings is 1. The third-order valence-corrected chi connectivity index (χ3v) is 6.68. The van der Waals surface area contributed by atoms with Gasteiger partial charge in [-0.1, -0.05) is 12.1 Å². The van der Waals surface area contributed by atoms with E-state index in [1.54, 1.807) is 22.5 Å². The summed E-state index contributed by atoms with van der Waals surface area (Å²) in [5, 5.41) is 28.9. The molecule has 37 heavy (non-hydrogen) atoms. The number of anilines is 1. The molecule has 3 aromatic heterocycles. The van der Waals surface area contributed by atoms with E-state index in [1.165, 1.54) is 13.4 Å². The number of nitrogens with zero attached hydrogens (tertiary/aromatic N) is 6. The molecular weight excluding hydrogens is 486 g/mol. The summed E-state index contributed by atoms with van der Waals surface area (Å²) in [5.41, 5.74) is 1.54. The van der Waals surface area contributed by atoms with Crippen molar-refractivity contribution in [3.05, 3.63) is 23.8 Å². The maximum Gasteiger partial charge on any atom is 0.409 e. The topological polar surface area (TPSA) is 170 Å². The monoisotopic (exact) mass is 517 g/mol. The number of aryl methyl sites for hydroxylation is 1. The maximum atomic E-state index is 12.0. The first-order valence-corrected chi connectivity index (χ1v) is 12.4. The number of aromatic nitrogens is 5. The Morgan fingerprint density at radius 1 is 1.22 bits per heavy atom. The van der Waals surface area contributed by atoms with E-state index in [0.29, 0.717) is 61.7 Å². The summed E-state index contributed by atoms with van der Waals surface area (Å²) >= 11 is 0. The molecular formula is C23H31N7O7. The Balaban J connectivity index is 1.37. The minimum atomic E-state index is -1.28. The fourth-order valence-electron chi connectivity index (χ4n) is 4.64. The Morgan fingerprint density at radius 2 is 2.00 bits per heavy atom. The van der Waals surface area contributed by atoms with Crippen LogP contribution in [-0.2, 0) is 15.9 Å². The number of carbonyl (C=O) groups is 1. The number of aliphatic hydroxyl groups is 2. The first-order chi connectivity index (χ1) is 17.9. The summed E-state index contributed by atoms with van der Waals surface area (Å²) in [6.07, 6.45) is -1.18. The molecule has 200 valence electrons. The van der Waals surface area contributed by atoms with Crippen molar-refractivity contribution in [3.8, 4) is 6.01 Å². The van der Waals surface area contributed by atoms with Crippen LogP contribution in [0.3, 0.4) is 0 Å². The molecule has 3 N–H and O–H groups in total. The highest BCUT2D eigenvalue weighted by molar-refractivity contribution is 5.83. The molecule has 2 aliphatic rings. The Labute approximate surface area is 212 Å². The van der Waals surface area contributed by atoms with Crippen LogP contribution in [0, 0.1) is 0 Å². The molecule has 2 aliphatic heterocycles. The van der Waals surface area contributed by atoms with Crippen LogP contribution in [0.1, 0.15) is 50.5 Å². The smallest absolute Gasteiger partial charge is 0.409 e. The van der Waals surface area contributed by atoms with Crippen LogP contribution >= 0.6 is 0 Å². The molecule has 0 aromatic carbocycles. The van der Waals surface area contributed by atoms with Gasteiger partial charge in [0.15, 0.2) is 29.0 Å². The van der Waals surface area contributed by atoms with Crippen LogP contribution in [-0.4, -0.2) is 90.9 Å². The summed E-state index contributed by atoms with van der Waals surface area (Å²) < 4.78 is 23.3. The molecule has 5 rings (SSSR count). The number of aliphatic hydroxyl groups excluding tert-OH is 2. The predicted molar refractivity (Wildman–Crippen MR) is 128 cm³/mol. The van der Waals surface area contributed by atoms with Gasteiger partial charge in [-0.05, 0) is 26.2 Å². The number of carbonyl (C=O) groups excluding carboxylic acids is 1. The van der Waals surface area contributed by atoms with Crippen molar-refractivity contribution in [2.45, 2.75) is 63.7 Å². The van der Waals surface area contributed by atoms with E-state index < -0.39 is 24.5 Å². The van der Waals surface area contributed by atoms with E-state index in [2.05, 4.69) is 25.4 Å². The van der Waals surface area contributed by atoms with Crippen LogP contribution in [0.2, 0.25) is 0 Å². The molecule has 5 heterocycles. The number of hydrogen-bond donors (Lipinski definition) is 3. The lowest BCUT2D eigenvalue weighted by Crippen LogP contribution is -2.42. The van der Waals surface area contributed by atoms with Crippen LogP contribution in [0.25, 0.3) is 11.2 Å². The van der Waals surface area contributed by atoms with Gasteiger partial charge in [-0.3, -0.25) is 4.57 Å². The van der Waals surface area contributed by atoms with Gasteiger partial charge in [-0.2, -0.15) is 9.97 Å².